The Kier molecular flexibility index (Phi) is 206. The third-order valence-corrected chi connectivity index (χ3v) is 0. The zero-order valence-electron chi connectivity index (χ0n) is 2.47. The summed E-state index contributed by atoms with van der Waals surface area (Å²) in [6.45, 7) is 0. The van der Waals surface area contributed by atoms with E-state index in [2.05, 4.69) is 0 Å². The predicted molar refractivity (Wildman–Crippen MR) is 19.4 cm³/mol. The molecule has 0 saturated heterocycles. The molecule has 0 aromatic heterocycles. The van der Waals surface area contributed by atoms with E-state index in [-0.39, 0.29) is 61.2 Å². The fourth-order valence-electron chi connectivity index (χ4n) is 0. The van der Waals surface area contributed by atoms with Crippen molar-refractivity contribution in [2.75, 3.05) is 0 Å². The zero-order chi connectivity index (χ0) is 0. The number of hydrogen-bond donors (Lipinski definition) is 0. The molecule has 1 atom stereocenters. The van der Waals surface area contributed by atoms with Crippen LogP contribution >= 0.6 is 9.90 Å². The van der Waals surface area contributed by atoms with E-state index >= 15 is 0 Å². The molecule has 0 N–H and O–H groups in total. The van der Waals surface area contributed by atoms with Crippen LogP contribution in [0.2, 0.25) is 0 Å². The van der Waals surface area contributed by atoms with E-state index in [9.17, 15) is 0 Å². The van der Waals surface area contributed by atoms with Gasteiger partial charge < -0.3 is 0 Å². The first-order valence-electron chi connectivity index (χ1n) is 0. The van der Waals surface area contributed by atoms with Crippen molar-refractivity contribution in [1.29, 1.82) is 0 Å². The number of halogens is 1. The first-order valence-corrected chi connectivity index (χ1v) is 0. The smallest absolute Gasteiger partial charge is 0 e. The molecule has 0 bridgehead atoms. The fourth-order valence-corrected chi connectivity index (χ4v) is 0. The van der Waals surface area contributed by atoms with Crippen LogP contribution in [-0.2, 0) is 17.1 Å². The van der Waals surface area contributed by atoms with Crippen molar-refractivity contribution in [3.8, 4) is 0 Å². The van der Waals surface area contributed by atoms with Gasteiger partial charge in [0, 0.05) is 46.6 Å². The molecular weight excluding hydrogens is 129 g/mol. The maximum absolute atomic E-state index is 0. The van der Waals surface area contributed by atoms with Gasteiger partial charge in [-0.25, -0.2) is 0 Å². The maximum atomic E-state index is 0. The van der Waals surface area contributed by atoms with Crippen LogP contribution in [0, 0.1) is 0 Å². The standard InChI is InChI=1S/FH.Fe.Na.H3P/h1H;;;1H3. The van der Waals surface area contributed by atoms with Gasteiger partial charge in [-0.05, 0) is 0 Å². The van der Waals surface area contributed by atoms with E-state index in [0.29, 0.717) is 0 Å². The Morgan fingerprint density at radius 3 is 1.00 bits per heavy atom. The molecule has 0 rings (SSSR count). The largest absolute Gasteiger partial charge is 0.269 e. The third kappa shape index (κ3) is 9.11. The minimum atomic E-state index is 0. The van der Waals surface area contributed by atoms with Gasteiger partial charge in [-0.3, -0.25) is 4.70 Å². The fraction of sp³-hybridized carbons (Fsp3) is 0. The molecule has 0 aliphatic rings. The first-order chi connectivity index (χ1) is 0. The topological polar surface area (TPSA) is 0 Å². The Labute approximate surface area is 60.9 Å². The SMILES string of the molecule is F.P.[Fe].[Na]. The molecule has 4 heavy (non-hydrogen) atoms. The third-order valence-electron chi connectivity index (χ3n) is 0. The summed E-state index contributed by atoms with van der Waals surface area (Å²) in [4.78, 5) is 0. The summed E-state index contributed by atoms with van der Waals surface area (Å²) in [5.74, 6) is 0. The molecule has 0 saturated carbocycles. The van der Waals surface area contributed by atoms with Gasteiger partial charge in [0.2, 0.25) is 0 Å². The van der Waals surface area contributed by atoms with Crippen molar-refractivity contribution in [3.63, 3.8) is 0 Å². The first kappa shape index (κ1) is 39.6. The molecule has 0 spiro atoms. The van der Waals surface area contributed by atoms with Crippen LogP contribution in [0.4, 0.5) is 4.70 Å². The average molecular weight is 133 g/mol. The molecular formula is H4FFeNaP. The van der Waals surface area contributed by atoms with Gasteiger partial charge in [0.25, 0.3) is 0 Å². The van der Waals surface area contributed by atoms with E-state index < -0.39 is 0 Å². The van der Waals surface area contributed by atoms with Crippen LogP contribution in [0.15, 0.2) is 0 Å². The molecule has 0 aromatic carbocycles. The summed E-state index contributed by atoms with van der Waals surface area (Å²) in [5, 5.41) is 0. The Bertz CT molecular complexity index is 8.00. The second-order valence-corrected chi connectivity index (χ2v) is 0. The van der Waals surface area contributed by atoms with E-state index in [1.54, 1.807) is 0 Å². The quantitative estimate of drug-likeness (QED) is 0.317. The van der Waals surface area contributed by atoms with Gasteiger partial charge in [0.05, 0.1) is 0 Å². The molecule has 0 nitrogen and oxygen atoms in total. The molecule has 1 radical (unpaired) electrons. The van der Waals surface area contributed by atoms with Crippen molar-refractivity contribution in [2.45, 2.75) is 0 Å². The van der Waals surface area contributed by atoms with Gasteiger partial charge in [0.1, 0.15) is 0 Å². The van der Waals surface area contributed by atoms with Crippen molar-refractivity contribution in [1.82, 2.24) is 0 Å². The van der Waals surface area contributed by atoms with E-state index in [1.807, 2.05) is 0 Å². The average Bonchev–Trinajstić information content (AvgIpc) is 0. The summed E-state index contributed by atoms with van der Waals surface area (Å²) in [6.07, 6.45) is 0. The Hall–Kier alpha value is 1.88. The van der Waals surface area contributed by atoms with Crippen molar-refractivity contribution in [2.24, 2.45) is 0 Å². The van der Waals surface area contributed by atoms with E-state index in [0.717, 1.165) is 0 Å². The van der Waals surface area contributed by atoms with Crippen LogP contribution in [0.1, 0.15) is 0 Å². The second kappa shape index (κ2) is 20.8. The van der Waals surface area contributed by atoms with E-state index in [4.69, 9.17) is 0 Å². The molecule has 0 aromatic rings. The molecule has 1 unspecified atom stereocenters. The van der Waals surface area contributed by atoms with Gasteiger partial charge in [0.15, 0.2) is 0 Å². The normalized spacial score (nSPS) is 0. The molecule has 4 heteroatoms. The molecule has 0 fully saturated rings. The number of hydrogen-bond acceptors (Lipinski definition) is 0. The molecule has 0 amide bonds. The van der Waals surface area contributed by atoms with E-state index in [1.165, 1.54) is 0 Å². The number of rotatable bonds is 0. The van der Waals surface area contributed by atoms with Crippen LogP contribution in [-0.4, -0.2) is 29.6 Å². The van der Waals surface area contributed by atoms with Crippen LogP contribution in [0.25, 0.3) is 0 Å². The summed E-state index contributed by atoms with van der Waals surface area (Å²) in [6, 6.07) is 0. The molecule has 25 valence electrons. The van der Waals surface area contributed by atoms with Crippen molar-refractivity contribution >= 4 is 39.5 Å². The minimum absolute atomic E-state index is 0. The molecule has 0 heterocycles. The maximum Gasteiger partial charge on any atom is 0 e. The van der Waals surface area contributed by atoms with Crippen LogP contribution < -0.4 is 0 Å². The van der Waals surface area contributed by atoms with Crippen molar-refractivity contribution in [3.05, 3.63) is 0 Å². The Morgan fingerprint density at radius 2 is 1.00 bits per heavy atom. The summed E-state index contributed by atoms with van der Waals surface area (Å²) in [7, 11) is 0. The minimum Gasteiger partial charge on any atom is -0.269 e. The van der Waals surface area contributed by atoms with Crippen molar-refractivity contribution < 1.29 is 21.8 Å². The van der Waals surface area contributed by atoms with Gasteiger partial charge in [-0.2, -0.15) is 9.90 Å². The monoisotopic (exact) mass is 133 g/mol. The van der Waals surface area contributed by atoms with Gasteiger partial charge in [-0.15, -0.1) is 0 Å². The molecule has 0 aliphatic heterocycles. The van der Waals surface area contributed by atoms with Crippen LogP contribution in [0.5, 0.6) is 0 Å². The summed E-state index contributed by atoms with van der Waals surface area (Å²) in [5.41, 5.74) is 0. The Morgan fingerprint density at radius 1 is 1.00 bits per heavy atom. The summed E-state index contributed by atoms with van der Waals surface area (Å²) < 4.78 is 0. The van der Waals surface area contributed by atoms with Crippen LogP contribution in [0.3, 0.4) is 0 Å². The van der Waals surface area contributed by atoms with Gasteiger partial charge in [-0.1, -0.05) is 0 Å². The predicted octanol–water partition coefficient (Wildman–Crippen LogP) is -0.173. The summed E-state index contributed by atoms with van der Waals surface area (Å²) >= 11 is 0. The molecule has 0 aliphatic carbocycles. The van der Waals surface area contributed by atoms with Gasteiger partial charge >= 0.3 is 0 Å². The second-order valence-electron chi connectivity index (χ2n) is 0. The Balaban J connectivity index is 0. The zero-order valence-corrected chi connectivity index (χ0v) is 6.99.